The topological polar surface area (TPSA) is 38.3 Å². The summed E-state index contributed by atoms with van der Waals surface area (Å²) < 4.78 is 5.03. The van der Waals surface area contributed by atoms with Crippen molar-refractivity contribution >= 4 is 17.5 Å². The van der Waals surface area contributed by atoms with E-state index in [1.165, 1.54) is 0 Å². The lowest BCUT2D eigenvalue weighted by Gasteiger charge is -2.21. The number of benzene rings is 1. The summed E-state index contributed by atoms with van der Waals surface area (Å²) >= 11 is 5.88. The molecule has 1 aliphatic rings. The molecule has 1 N–H and O–H groups in total. The van der Waals surface area contributed by atoms with Gasteiger partial charge in [0.05, 0.1) is 6.04 Å². The lowest BCUT2D eigenvalue weighted by Crippen LogP contribution is -2.37. The molecule has 0 heterocycles. The van der Waals surface area contributed by atoms with Crippen molar-refractivity contribution in [3.8, 4) is 0 Å². The summed E-state index contributed by atoms with van der Waals surface area (Å²) in [6, 6.07) is 7.75. The van der Waals surface area contributed by atoms with Crippen LogP contribution in [0.15, 0.2) is 24.3 Å². The first kappa shape index (κ1) is 13.4. The van der Waals surface area contributed by atoms with Gasteiger partial charge in [-0.3, -0.25) is 4.79 Å². The molecular weight excluding hydrogens is 250 g/mol. The summed E-state index contributed by atoms with van der Waals surface area (Å²) in [6.45, 7) is 1.75. The molecule has 1 aromatic carbocycles. The first-order chi connectivity index (χ1) is 8.61. The second kappa shape index (κ2) is 5.72. The molecular formula is C14H18ClNO2. The van der Waals surface area contributed by atoms with Crippen LogP contribution in [0.2, 0.25) is 5.02 Å². The summed E-state index contributed by atoms with van der Waals surface area (Å²) in [6.07, 6.45) is 1.91. The molecule has 4 heteroatoms. The van der Waals surface area contributed by atoms with Crippen molar-refractivity contribution in [3.05, 3.63) is 34.9 Å². The maximum Gasteiger partial charge on any atom is 0.249 e. The highest BCUT2D eigenvalue weighted by Gasteiger charge is 2.34. The van der Waals surface area contributed by atoms with Gasteiger partial charge in [-0.25, -0.2) is 0 Å². The van der Waals surface area contributed by atoms with Crippen LogP contribution in [0.5, 0.6) is 0 Å². The monoisotopic (exact) mass is 267 g/mol. The van der Waals surface area contributed by atoms with Gasteiger partial charge < -0.3 is 10.1 Å². The lowest BCUT2D eigenvalue weighted by atomic mass is 10.0. The number of carbonyl (C=O) groups excluding carboxylic acids is 1. The minimum atomic E-state index is -0.418. The van der Waals surface area contributed by atoms with Crippen LogP contribution >= 0.6 is 11.6 Å². The standard InChI is InChI=1S/C14H18ClNO2/c1-9(18-2)14(17)16-13(10-3-4-10)11-5-7-12(15)8-6-11/h5-10,13H,3-4H2,1-2H3,(H,16,17)/t9-,13-/m1/s1. The summed E-state index contributed by atoms with van der Waals surface area (Å²) in [4.78, 5) is 11.9. The van der Waals surface area contributed by atoms with Gasteiger partial charge in [0.1, 0.15) is 6.10 Å². The van der Waals surface area contributed by atoms with E-state index < -0.39 is 6.10 Å². The maximum absolute atomic E-state index is 11.9. The Kier molecular flexibility index (Phi) is 4.25. The van der Waals surface area contributed by atoms with Crippen LogP contribution in [-0.4, -0.2) is 19.1 Å². The number of rotatable bonds is 5. The minimum absolute atomic E-state index is 0.0654. The average Bonchev–Trinajstić information content (AvgIpc) is 3.20. The molecule has 0 bridgehead atoms. The molecule has 0 aliphatic heterocycles. The Morgan fingerprint density at radius 1 is 1.39 bits per heavy atom. The molecule has 3 nitrogen and oxygen atoms in total. The van der Waals surface area contributed by atoms with Crippen LogP contribution in [0, 0.1) is 5.92 Å². The van der Waals surface area contributed by atoms with Crippen LogP contribution in [0.3, 0.4) is 0 Å². The van der Waals surface area contributed by atoms with Crippen LogP contribution in [-0.2, 0) is 9.53 Å². The Morgan fingerprint density at radius 3 is 2.50 bits per heavy atom. The summed E-state index contributed by atoms with van der Waals surface area (Å²) in [5.41, 5.74) is 1.11. The van der Waals surface area contributed by atoms with Crippen LogP contribution in [0.4, 0.5) is 0 Å². The molecule has 0 saturated heterocycles. The summed E-state index contributed by atoms with van der Waals surface area (Å²) in [7, 11) is 1.54. The van der Waals surface area contributed by atoms with Crippen molar-refractivity contribution in [3.63, 3.8) is 0 Å². The van der Waals surface area contributed by atoms with Gasteiger partial charge in [-0.15, -0.1) is 0 Å². The molecule has 98 valence electrons. The molecule has 1 aromatic rings. The molecule has 2 atom stereocenters. The van der Waals surface area contributed by atoms with Crippen molar-refractivity contribution < 1.29 is 9.53 Å². The molecule has 18 heavy (non-hydrogen) atoms. The molecule has 0 radical (unpaired) electrons. The van der Waals surface area contributed by atoms with E-state index >= 15 is 0 Å². The second-order valence-electron chi connectivity index (χ2n) is 4.75. The highest BCUT2D eigenvalue weighted by atomic mass is 35.5. The van der Waals surface area contributed by atoms with Gasteiger partial charge >= 0.3 is 0 Å². The molecule has 2 rings (SSSR count). The van der Waals surface area contributed by atoms with Gasteiger partial charge in [0, 0.05) is 12.1 Å². The van der Waals surface area contributed by atoms with E-state index in [0.29, 0.717) is 10.9 Å². The third-order valence-corrected chi connectivity index (χ3v) is 3.60. The van der Waals surface area contributed by atoms with Crippen LogP contribution in [0.25, 0.3) is 0 Å². The van der Waals surface area contributed by atoms with Crippen molar-refractivity contribution in [1.82, 2.24) is 5.32 Å². The Hall–Kier alpha value is -1.06. The average molecular weight is 268 g/mol. The third kappa shape index (κ3) is 3.24. The quantitative estimate of drug-likeness (QED) is 0.891. The Balaban J connectivity index is 2.09. The van der Waals surface area contributed by atoms with Crippen LogP contribution in [0.1, 0.15) is 31.4 Å². The number of hydrogen-bond acceptors (Lipinski definition) is 2. The highest BCUT2D eigenvalue weighted by molar-refractivity contribution is 6.30. The second-order valence-corrected chi connectivity index (χ2v) is 5.19. The molecule has 0 unspecified atom stereocenters. The zero-order valence-corrected chi connectivity index (χ0v) is 11.4. The fourth-order valence-corrected chi connectivity index (χ4v) is 2.08. The van der Waals surface area contributed by atoms with E-state index in [2.05, 4.69) is 5.32 Å². The van der Waals surface area contributed by atoms with E-state index in [0.717, 1.165) is 18.4 Å². The number of nitrogens with one attached hydrogen (secondary N) is 1. The van der Waals surface area contributed by atoms with Gasteiger partial charge in [-0.05, 0) is 43.4 Å². The normalized spacial score (nSPS) is 18.2. The van der Waals surface area contributed by atoms with Crippen LogP contribution < -0.4 is 5.32 Å². The fourth-order valence-electron chi connectivity index (χ4n) is 1.95. The van der Waals surface area contributed by atoms with E-state index in [-0.39, 0.29) is 11.9 Å². The number of hydrogen-bond donors (Lipinski definition) is 1. The summed E-state index contributed by atoms with van der Waals surface area (Å²) in [5.74, 6) is 0.475. The number of ether oxygens (including phenoxy) is 1. The zero-order valence-electron chi connectivity index (χ0n) is 10.7. The Bertz CT molecular complexity index is 414. The van der Waals surface area contributed by atoms with Gasteiger partial charge in [-0.1, -0.05) is 23.7 Å². The molecule has 1 aliphatic carbocycles. The zero-order chi connectivity index (χ0) is 13.1. The SMILES string of the molecule is CO[C@H](C)C(=O)N[C@@H](c1ccc(Cl)cc1)C1CC1. The van der Waals surface area contributed by atoms with E-state index in [4.69, 9.17) is 16.3 Å². The van der Waals surface area contributed by atoms with Crippen molar-refractivity contribution in [2.45, 2.75) is 31.9 Å². The predicted molar refractivity (Wildman–Crippen MR) is 71.5 cm³/mol. The molecule has 0 aromatic heterocycles. The van der Waals surface area contributed by atoms with Crippen molar-refractivity contribution in [1.29, 1.82) is 0 Å². The van der Waals surface area contributed by atoms with Gasteiger partial charge in [0.2, 0.25) is 5.91 Å². The maximum atomic E-state index is 11.9. The Labute approximate surface area is 112 Å². The Morgan fingerprint density at radius 2 is 2.00 bits per heavy atom. The number of amides is 1. The van der Waals surface area contributed by atoms with Gasteiger partial charge in [-0.2, -0.15) is 0 Å². The number of halogens is 1. The molecule has 1 fully saturated rings. The third-order valence-electron chi connectivity index (χ3n) is 3.34. The van der Waals surface area contributed by atoms with E-state index in [1.54, 1.807) is 14.0 Å². The summed E-state index contributed by atoms with van der Waals surface area (Å²) in [5, 5.41) is 3.77. The van der Waals surface area contributed by atoms with Gasteiger partial charge in [0.15, 0.2) is 0 Å². The van der Waals surface area contributed by atoms with Gasteiger partial charge in [0.25, 0.3) is 0 Å². The first-order valence-corrected chi connectivity index (χ1v) is 6.58. The number of methoxy groups -OCH3 is 1. The highest BCUT2D eigenvalue weighted by Crippen LogP contribution is 2.41. The van der Waals surface area contributed by atoms with E-state index in [9.17, 15) is 4.79 Å². The number of carbonyl (C=O) groups is 1. The van der Waals surface area contributed by atoms with E-state index in [1.807, 2.05) is 24.3 Å². The molecule has 1 saturated carbocycles. The largest absolute Gasteiger partial charge is 0.372 e. The fraction of sp³-hybridized carbons (Fsp3) is 0.500. The minimum Gasteiger partial charge on any atom is -0.372 e. The predicted octanol–water partition coefficient (Wildman–Crippen LogP) is 2.94. The molecule has 1 amide bonds. The first-order valence-electron chi connectivity index (χ1n) is 6.20. The van der Waals surface area contributed by atoms with Crippen molar-refractivity contribution in [2.75, 3.05) is 7.11 Å². The molecule has 0 spiro atoms. The van der Waals surface area contributed by atoms with Crippen molar-refractivity contribution in [2.24, 2.45) is 5.92 Å². The lowest BCUT2D eigenvalue weighted by molar-refractivity contribution is -0.131. The smallest absolute Gasteiger partial charge is 0.249 e.